The fraction of sp³-hybridized carbons (Fsp3) is 0.412. The summed E-state index contributed by atoms with van der Waals surface area (Å²) in [5.41, 5.74) is 7.10. The Hall–Kier alpha value is -2.01. The summed E-state index contributed by atoms with van der Waals surface area (Å²) < 4.78 is 1.89. The minimum Gasteiger partial charge on any atom is -0.370 e. The highest BCUT2D eigenvalue weighted by Gasteiger charge is 2.17. The largest absolute Gasteiger partial charge is 0.370 e. The quantitative estimate of drug-likeness (QED) is 0.631. The summed E-state index contributed by atoms with van der Waals surface area (Å²) in [5.74, 6) is 1.25. The van der Waals surface area contributed by atoms with Gasteiger partial charge in [-0.25, -0.2) is 0 Å². The van der Waals surface area contributed by atoms with E-state index in [1.807, 2.05) is 41.2 Å². The molecule has 3 rings (SSSR count). The second-order valence-electron chi connectivity index (χ2n) is 5.96. The summed E-state index contributed by atoms with van der Waals surface area (Å²) >= 11 is 5.98. The van der Waals surface area contributed by atoms with E-state index in [1.54, 1.807) is 6.20 Å². The van der Waals surface area contributed by atoms with E-state index in [-0.39, 0.29) is 6.04 Å². The van der Waals surface area contributed by atoms with Crippen LogP contribution in [0.1, 0.15) is 30.9 Å². The van der Waals surface area contributed by atoms with Crippen LogP contribution >= 0.6 is 11.6 Å². The molecule has 1 heterocycles. The lowest BCUT2D eigenvalue weighted by molar-refractivity contribution is 0.315. The molecule has 1 atom stereocenters. The van der Waals surface area contributed by atoms with Crippen LogP contribution in [-0.2, 0) is 0 Å². The predicted molar refractivity (Wildman–Crippen MR) is 93.7 cm³/mol. The lowest BCUT2D eigenvalue weighted by Crippen LogP contribution is -2.37. The molecule has 3 N–H and O–H groups in total. The minimum absolute atomic E-state index is 0.00585. The van der Waals surface area contributed by atoms with Crippen LogP contribution in [0.4, 0.5) is 0 Å². The van der Waals surface area contributed by atoms with Gasteiger partial charge in [0.2, 0.25) is 0 Å². The molecule has 1 aromatic carbocycles. The fourth-order valence-electron chi connectivity index (χ4n) is 2.68. The Balaban J connectivity index is 1.67. The van der Waals surface area contributed by atoms with Crippen molar-refractivity contribution in [2.45, 2.75) is 25.3 Å². The van der Waals surface area contributed by atoms with Crippen LogP contribution in [-0.4, -0.2) is 28.8 Å². The third-order valence-electron chi connectivity index (χ3n) is 4.33. The number of nitrogens with zero attached hydrogens (tertiary/aromatic N) is 3. The summed E-state index contributed by atoms with van der Waals surface area (Å²) in [6.07, 6.45) is 7.63. The number of hydrogen-bond acceptors (Lipinski definition) is 2. The van der Waals surface area contributed by atoms with Gasteiger partial charge in [0, 0.05) is 24.0 Å². The van der Waals surface area contributed by atoms with Gasteiger partial charge >= 0.3 is 0 Å². The SMILES string of the molecule is NC(=NCC(c1ccc(Cl)cc1)n1cccn1)NCC1CCC1. The first kappa shape index (κ1) is 15.9. The zero-order valence-electron chi connectivity index (χ0n) is 13.0. The standard InChI is InChI=1S/C17H22ClN5/c18-15-7-5-14(6-8-15)16(23-10-2-9-22-23)12-21-17(19)20-11-13-3-1-4-13/h2,5-10,13,16H,1,3-4,11-12H2,(H3,19,20,21). The van der Waals surface area contributed by atoms with Crippen LogP contribution in [0.5, 0.6) is 0 Å². The third-order valence-corrected chi connectivity index (χ3v) is 4.58. The first-order chi connectivity index (χ1) is 11.2. The first-order valence-electron chi connectivity index (χ1n) is 8.01. The van der Waals surface area contributed by atoms with E-state index < -0.39 is 0 Å². The molecule has 0 spiro atoms. The summed E-state index contributed by atoms with van der Waals surface area (Å²) in [4.78, 5) is 4.50. The normalized spacial score (nSPS) is 16.8. The van der Waals surface area contributed by atoms with Crippen LogP contribution in [0.2, 0.25) is 5.02 Å². The molecule has 2 aromatic rings. The van der Waals surface area contributed by atoms with E-state index in [2.05, 4.69) is 15.4 Å². The highest BCUT2D eigenvalue weighted by atomic mass is 35.5. The van der Waals surface area contributed by atoms with Gasteiger partial charge < -0.3 is 11.1 Å². The van der Waals surface area contributed by atoms with Gasteiger partial charge in [-0.05, 0) is 42.5 Å². The summed E-state index contributed by atoms with van der Waals surface area (Å²) in [6, 6.07) is 9.69. The monoisotopic (exact) mass is 331 g/mol. The molecule has 0 amide bonds. The molecule has 1 aliphatic rings. The molecule has 1 aliphatic carbocycles. The maximum absolute atomic E-state index is 5.99. The molecule has 1 fully saturated rings. The van der Waals surface area contributed by atoms with E-state index in [4.69, 9.17) is 17.3 Å². The van der Waals surface area contributed by atoms with E-state index >= 15 is 0 Å². The van der Waals surface area contributed by atoms with Crippen molar-refractivity contribution in [2.75, 3.05) is 13.1 Å². The van der Waals surface area contributed by atoms with Crippen molar-refractivity contribution in [3.63, 3.8) is 0 Å². The number of nitrogens with one attached hydrogen (secondary N) is 1. The number of hydrogen-bond donors (Lipinski definition) is 2. The van der Waals surface area contributed by atoms with Crippen molar-refractivity contribution in [1.82, 2.24) is 15.1 Å². The highest BCUT2D eigenvalue weighted by molar-refractivity contribution is 6.30. The van der Waals surface area contributed by atoms with Crippen molar-refractivity contribution in [2.24, 2.45) is 16.6 Å². The Morgan fingerprint density at radius 2 is 2.17 bits per heavy atom. The molecule has 1 aromatic heterocycles. The number of benzene rings is 1. The number of aromatic nitrogens is 2. The predicted octanol–water partition coefficient (Wildman–Crippen LogP) is 2.83. The summed E-state index contributed by atoms with van der Waals surface area (Å²) in [6.45, 7) is 1.45. The zero-order valence-corrected chi connectivity index (χ0v) is 13.8. The van der Waals surface area contributed by atoms with Gasteiger partial charge in [-0.1, -0.05) is 30.2 Å². The Morgan fingerprint density at radius 3 is 2.78 bits per heavy atom. The molecule has 0 bridgehead atoms. The average Bonchev–Trinajstić information content (AvgIpc) is 3.02. The van der Waals surface area contributed by atoms with Gasteiger partial charge in [0.05, 0.1) is 12.6 Å². The van der Waals surface area contributed by atoms with Crippen LogP contribution in [0, 0.1) is 5.92 Å². The molecule has 1 saturated carbocycles. The molecule has 122 valence electrons. The Bertz CT molecular complexity index is 632. The van der Waals surface area contributed by atoms with E-state index in [0.29, 0.717) is 12.5 Å². The van der Waals surface area contributed by atoms with Gasteiger partial charge in [-0.15, -0.1) is 0 Å². The molecule has 23 heavy (non-hydrogen) atoms. The maximum atomic E-state index is 5.99. The Morgan fingerprint density at radius 1 is 1.39 bits per heavy atom. The number of rotatable bonds is 6. The van der Waals surface area contributed by atoms with Crippen LogP contribution in [0.15, 0.2) is 47.7 Å². The second kappa shape index (κ2) is 7.51. The average molecular weight is 332 g/mol. The molecule has 5 nitrogen and oxygen atoms in total. The van der Waals surface area contributed by atoms with Crippen molar-refractivity contribution in [3.8, 4) is 0 Å². The lowest BCUT2D eigenvalue weighted by atomic mass is 9.85. The van der Waals surface area contributed by atoms with Gasteiger partial charge in [0.15, 0.2) is 5.96 Å². The van der Waals surface area contributed by atoms with Gasteiger partial charge in [0.25, 0.3) is 0 Å². The molecule has 1 unspecified atom stereocenters. The number of aliphatic imine (C=N–C) groups is 1. The van der Waals surface area contributed by atoms with Crippen molar-refractivity contribution >= 4 is 17.6 Å². The summed E-state index contributed by atoms with van der Waals surface area (Å²) in [7, 11) is 0. The summed E-state index contributed by atoms with van der Waals surface area (Å²) in [5, 5.41) is 8.29. The minimum atomic E-state index is 0.00585. The van der Waals surface area contributed by atoms with Crippen molar-refractivity contribution in [1.29, 1.82) is 0 Å². The van der Waals surface area contributed by atoms with E-state index in [1.165, 1.54) is 19.3 Å². The molecule has 0 radical (unpaired) electrons. The molecule has 6 heteroatoms. The smallest absolute Gasteiger partial charge is 0.188 e. The van der Waals surface area contributed by atoms with Crippen molar-refractivity contribution in [3.05, 3.63) is 53.3 Å². The van der Waals surface area contributed by atoms with Crippen LogP contribution in [0.25, 0.3) is 0 Å². The van der Waals surface area contributed by atoms with Crippen molar-refractivity contribution < 1.29 is 0 Å². The number of guanidine groups is 1. The molecular weight excluding hydrogens is 310 g/mol. The number of nitrogens with two attached hydrogens (primary N) is 1. The molecule has 0 saturated heterocycles. The topological polar surface area (TPSA) is 68.2 Å². The van der Waals surface area contributed by atoms with Crippen LogP contribution < -0.4 is 11.1 Å². The zero-order chi connectivity index (χ0) is 16.1. The van der Waals surface area contributed by atoms with E-state index in [0.717, 1.165) is 23.0 Å². The maximum Gasteiger partial charge on any atom is 0.188 e. The van der Waals surface area contributed by atoms with E-state index in [9.17, 15) is 0 Å². The lowest BCUT2D eigenvalue weighted by Gasteiger charge is -2.25. The molecular formula is C17H22ClN5. The van der Waals surface area contributed by atoms with Gasteiger partial charge in [-0.3, -0.25) is 9.67 Å². The fourth-order valence-corrected chi connectivity index (χ4v) is 2.80. The van der Waals surface area contributed by atoms with Gasteiger partial charge in [-0.2, -0.15) is 5.10 Å². The number of halogens is 1. The Labute approximate surface area is 141 Å². The van der Waals surface area contributed by atoms with Gasteiger partial charge in [0.1, 0.15) is 0 Å². The first-order valence-corrected chi connectivity index (χ1v) is 8.38. The Kier molecular flexibility index (Phi) is 5.18. The molecule has 0 aliphatic heterocycles. The highest BCUT2D eigenvalue weighted by Crippen LogP contribution is 2.25. The third kappa shape index (κ3) is 4.26. The van der Waals surface area contributed by atoms with Crippen LogP contribution in [0.3, 0.4) is 0 Å². The second-order valence-corrected chi connectivity index (χ2v) is 6.39.